The largest absolute Gasteiger partial charge is 0.348 e. The van der Waals surface area contributed by atoms with E-state index in [0.717, 1.165) is 25.7 Å². The van der Waals surface area contributed by atoms with Crippen LogP contribution in [-0.2, 0) is 23.7 Å². The summed E-state index contributed by atoms with van der Waals surface area (Å²) in [4.78, 5) is 12.1. The zero-order valence-electron chi connectivity index (χ0n) is 17.7. The molecule has 7 rings (SSSR count). The number of ether oxygens (including phenoxy) is 4. The van der Waals surface area contributed by atoms with Crippen LogP contribution in [0, 0.1) is 34.5 Å². The van der Waals surface area contributed by atoms with Gasteiger partial charge in [0.25, 0.3) is 0 Å². The number of fused-ring (bicyclic) bond motifs is 7. The second-order valence-electron chi connectivity index (χ2n) is 11.6. The Labute approximate surface area is 172 Å². The van der Waals surface area contributed by atoms with Gasteiger partial charge in [-0.2, -0.15) is 0 Å². The third-order valence-corrected chi connectivity index (χ3v) is 10.1. The quantitative estimate of drug-likeness (QED) is 0.616. The second kappa shape index (κ2) is 5.17. The summed E-state index contributed by atoms with van der Waals surface area (Å²) < 4.78 is 25.9. The summed E-state index contributed by atoms with van der Waals surface area (Å²) in [5.74, 6) is 1.32. The molecule has 9 atom stereocenters. The summed E-state index contributed by atoms with van der Waals surface area (Å²) in [6.07, 6.45) is 9.52. The lowest BCUT2D eigenvalue weighted by molar-refractivity contribution is -0.293. The molecule has 2 bridgehead atoms. The van der Waals surface area contributed by atoms with Gasteiger partial charge in [0, 0.05) is 17.8 Å². The first-order chi connectivity index (χ1) is 13.8. The van der Waals surface area contributed by atoms with E-state index in [2.05, 4.69) is 6.92 Å². The molecule has 0 amide bonds. The highest BCUT2D eigenvalue weighted by Crippen LogP contribution is 2.76. The Kier molecular flexibility index (Phi) is 3.19. The number of carbonyl (C=O) groups is 1. The van der Waals surface area contributed by atoms with Gasteiger partial charge < -0.3 is 18.9 Å². The third kappa shape index (κ3) is 1.96. The van der Waals surface area contributed by atoms with Gasteiger partial charge in [0.2, 0.25) is 5.79 Å². The van der Waals surface area contributed by atoms with Crippen LogP contribution >= 0.6 is 0 Å². The maximum Gasteiger partial charge on any atom is 0.201 e. The smallest absolute Gasteiger partial charge is 0.201 e. The molecule has 3 saturated carbocycles. The average molecular weight is 401 g/mol. The minimum absolute atomic E-state index is 0.0949. The lowest BCUT2D eigenvalue weighted by Gasteiger charge is -2.57. The van der Waals surface area contributed by atoms with Gasteiger partial charge in [-0.15, -0.1) is 0 Å². The van der Waals surface area contributed by atoms with Gasteiger partial charge in [-0.25, -0.2) is 0 Å². The van der Waals surface area contributed by atoms with Crippen LogP contribution in [0.4, 0.5) is 0 Å². The van der Waals surface area contributed by atoms with Crippen molar-refractivity contribution in [1.29, 1.82) is 0 Å². The van der Waals surface area contributed by atoms with Crippen molar-refractivity contribution in [3.8, 4) is 0 Å². The number of rotatable bonds is 0. The van der Waals surface area contributed by atoms with Crippen LogP contribution in [0.3, 0.4) is 0 Å². The van der Waals surface area contributed by atoms with E-state index >= 15 is 0 Å². The van der Waals surface area contributed by atoms with Crippen LogP contribution in [0.2, 0.25) is 0 Å². The minimum Gasteiger partial charge on any atom is -0.348 e. The molecule has 3 saturated heterocycles. The van der Waals surface area contributed by atoms with Crippen LogP contribution in [0.1, 0.15) is 65.7 Å². The Morgan fingerprint density at radius 2 is 1.97 bits per heavy atom. The number of ketones is 1. The molecule has 6 fully saturated rings. The minimum atomic E-state index is -0.623. The van der Waals surface area contributed by atoms with E-state index in [9.17, 15) is 4.79 Å². The summed E-state index contributed by atoms with van der Waals surface area (Å²) >= 11 is 0. The van der Waals surface area contributed by atoms with E-state index < -0.39 is 11.6 Å². The molecule has 3 aliphatic heterocycles. The average Bonchev–Trinajstić information content (AvgIpc) is 3.33. The Morgan fingerprint density at radius 3 is 2.76 bits per heavy atom. The third-order valence-electron chi connectivity index (χ3n) is 10.1. The molecule has 5 nitrogen and oxygen atoms in total. The van der Waals surface area contributed by atoms with Gasteiger partial charge >= 0.3 is 0 Å². The summed E-state index contributed by atoms with van der Waals surface area (Å²) in [7, 11) is 0. The van der Waals surface area contributed by atoms with Crippen molar-refractivity contribution < 1.29 is 23.7 Å². The van der Waals surface area contributed by atoms with E-state index in [1.54, 1.807) is 0 Å². The topological polar surface area (TPSA) is 54.0 Å². The van der Waals surface area contributed by atoms with E-state index in [-0.39, 0.29) is 23.2 Å². The fraction of sp³-hybridized carbons (Fsp3) is 0.875. The standard InChI is InChI=1S/C24H32O5/c1-21(2)26-12-24(29-21)18-7-6-16-15-5-4-13-10-14(25)8-9-22(13,3)19(15)17-11-23(16,18)20(27-17)28-24/h10,15-20H,4-9,11-12H2,1-3H3/t15-,16-,17?,18-,19+,20+,22-,23+,24-/m0/s1. The summed E-state index contributed by atoms with van der Waals surface area (Å²) in [6, 6.07) is 0. The number of hydrogen-bond acceptors (Lipinski definition) is 5. The zero-order valence-corrected chi connectivity index (χ0v) is 17.7. The Hall–Kier alpha value is -0.750. The highest BCUT2D eigenvalue weighted by Gasteiger charge is 2.79. The van der Waals surface area contributed by atoms with Gasteiger partial charge in [-0.1, -0.05) is 12.5 Å². The molecule has 2 spiro atoms. The van der Waals surface area contributed by atoms with E-state index in [4.69, 9.17) is 18.9 Å². The molecular weight excluding hydrogens is 368 g/mol. The molecule has 1 unspecified atom stereocenters. The highest BCUT2D eigenvalue weighted by molar-refractivity contribution is 5.91. The van der Waals surface area contributed by atoms with Crippen molar-refractivity contribution in [2.45, 2.75) is 89.7 Å². The number of hydrogen-bond donors (Lipinski definition) is 0. The van der Waals surface area contributed by atoms with E-state index in [1.165, 1.54) is 18.4 Å². The summed E-state index contributed by atoms with van der Waals surface area (Å²) in [6.45, 7) is 6.92. The van der Waals surface area contributed by atoms with Crippen molar-refractivity contribution in [2.75, 3.05) is 6.61 Å². The van der Waals surface area contributed by atoms with E-state index in [0.29, 0.717) is 42.5 Å². The normalized spacial score (nSPS) is 58.9. The molecule has 4 aliphatic carbocycles. The molecule has 0 N–H and O–H groups in total. The maximum atomic E-state index is 12.1. The van der Waals surface area contributed by atoms with Crippen molar-refractivity contribution >= 4 is 5.78 Å². The molecular formula is C24H32O5. The predicted molar refractivity (Wildman–Crippen MR) is 104 cm³/mol. The van der Waals surface area contributed by atoms with Gasteiger partial charge in [-0.3, -0.25) is 4.79 Å². The van der Waals surface area contributed by atoms with Crippen LogP contribution < -0.4 is 0 Å². The van der Waals surface area contributed by atoms with Crippen LogP contribution in [0.25, 0.3) is 0 Å². The van der Waals surface area contributed by atoms with Crippen LogP contribution in [0.5, 0.6) is 0 Å². The fourth-order valence-electron chi connectivity index (χ4n) is 9.21. The SMILES string of the molecule is CC1(C)OC[C@]2(O[C@H]3OC4C[C@@]35[C@@H]2CC[C@H]5[C@@H]2CCC3=CC(=O)CC[C@]3(C)[C@@H]42)O1. The maximum absolute atomic E-state index is 12.1. The number of allylic oxidation sites excluding steroid dienone is 1. The lowest BCUT2D eigenvalue weighted by Crippen LogP contribution is -2.55. The molecule has 0 radical (unpaired) electrons. The second-order valence-corrected chi connectivity index (χ2v) is 11.6. The van der Waals surface area contributed by atoms with Gasteiger partial charge in [0.1, 0.15) is 6.61 Å². The van der Waals surface area contributed by atoms with Gasteiger partial charge in [-0.05, 0) is 81.6 Å². The lowest BCUT2D eigenvalue weighted by atomic mass is 9.46. The van der Waals surface area contributed by atoms with Crippen LogP contribution in [0.15, 0.2) is 11.6 Å². The van der Waals surface area contributed by atoms with Crippen molar-refractivity contribution in [2.24, 2.45) is 34.5 Å². The first-order valence-electron chi connectivity index (χ1n) is 11.7. The highest BCUT2D eigenvalue weighted by atomic mass is 16.9. The van der Waals surface area contributed by atoms with Crippen molar-refractivity contribution in [3.05, 3.63) is 11.6 Å². The van der Waals surface area contributed by atoms with Crippen LogP contribution in [-0.4, -0.2) is 36.4 Å². The molecule has 7 aliphatic rings. The molecule has 29 heavy (non-hydrogen) atoms. The first kappa shape index (κ1) is 17.9. The van der Waals surface area contributed by atoms with Gasteiger partial charge in [0.05, 0.1) is 6.10 Å². The molecule has 158 valence electrons. The zero-order chi connectivity index (χ0) is 19.8. The van der Waals surface area contributed by atoms with Crippen molar-refractivity contribution in [1.82, 2.24) is 0 Å². The molecule has 0 aromatic rings. The van der Waals surface area contributed by atoms with Gasteiger partial charge in [0.15, 0.2) is 17.9 Å². The monoisotopic (exact) mass is 400 g/mol. The fourth-order valence-corrected chi connectivity index (χ4v) is 9.21. The molecule has 0 aromatic carbocycles. The Morgan fingerprint density at radius 1 is 1.10 bits per heavy atom. The molecule has 0 aromatic heterocycles. The van der Waals surface area contributed by atoms with Crippen molar-refractivity contribution in [3.63, 3.8) is 0 Å². The number of carbonyl (C=O) groups excluding carboxylic acids is 1. The molecule has 5 heteroatoms. The first-order valence-corrected chi connectivity index (χ1v) is 11.7. The molecule has 3 heterocycles. The summed E-state index contributed by atoms with van der Waals surface area (Å²) in [5, 5.41) is 0. The summed E-state index contributed by atoms with van der Waals surface area (Å²) in [5.41, 5.74) is 1.61. The predicted octanol–water partition coefficient (Wildman–Crippen LogP) is 3.96. The Balaban J connectivity index is 1.29. The Bertz CT molecular complexity index is 833. The van der Waals surface area contributed by atoms with E-state index in [1.807, 2.05) is 19.9 Å².